The highest BCUT2D eigenvalue weighted by Gasteiger charge is 2.16. The lowest BCUT2D eigenvalue weighted by atomic mass is 9.91. The predicted molar refractivity (Wildman–Crippen MR) is 78.6 cm³/mol. The second-order valence-electron chi connectivity index (χ2n) is 5.28. The molecule has 104 valence electrons. The lowest BCUT2D eigenvalue weighted by Gasteiger charge is -2.23. The molecule has 1 aromatic carbocycles. The molecule has 0 fully saturated rings. The Balaban J connectivity index is 2.22. The highest BCUT2D eigenvalue weighted by Crippen LogP contribution is 2.29. The largest absolute Gasteiger partial charge is 0.307 e. The Morgan fingerprint density at radius 1 is 1.21 bits per heavy atom. The maximum Gasteiger partial charge on any atom is 0.123 e. The van der Waals surface area contributed by atoms with Gasteiger partial charge in [0, 0.05) is 0 Å². The lowest BCUT2D eigenvalue weighted by molar-refractivity contribution is 0.549. The topological polar surface area (TPSA) is 12.0 Å². The van der Waals surface area contributed by atoms with Gasteiger partial charge in [0.25, 0.3) is 0 Å². The van der Waals surface area contributed by atoms with Gasteiger partial charge in [-0.2, -0.15) is 0 Å². The van der Waals surface area contributed by atoms with Crippen LogP contribution >= 0.6 is 0 Å². The molecule has 1 N–H and O–H groups in total. The van der Waals surface area contributed by atoms with Gasteiger partial charge in [-0.3, -0.25) is 0 Å². The van der Waals surface area contributed by atoms with Crippen molar-refractivity contribution in [1.82, 2.24) is 5.32 Å². The van der Waals surface area contributed by atoms with Gasteiger partial charge in [0.15, 0.2) is 0 Å². The molecule has 0 aromatic heterocycles. The molecule has 1 atom stereocenters. The van der Waals surface area contributed by atoms with Crippen molar-refractivity contribution in [2.24, 2.45) is 0 Å². The molecule has 1 unspecified atom stereocenters. The summed E-state index contributed by atoms with van der Waals surface area (Å²) in [5.74, 6) is -0.146. The van der Waals surface area contributed by atoms with Gasteiger partial charge in [0.2, 0.25) is 0 Å². The van der Waals surface area contributed by atoms with Gasteiger partial charge >= 0.3 is 0 Å². The molecular weight excluding hydrogens is 237 g/mol. The van der Waals surface area contributed by atoms with Gasteiger partial charge in [0.05, 0.1) is 6.04 Å². The summed E-state index contributed by atoms with van der Waals surface area (Å²) in [6, 6.07) is 7.18. The number of hydrogen-bond donors (Lipinski definition) is 1. The van der Waals surface area contributed by atoms with Crippen LogP contribution in [0, 0.1) is 5.82 Å². The van der Waals surface area contributed by atoms with E-state index in [-0.39, 0.29) is 11.9 Å². The lowest BCUT2D eigenvalue weighted by Crippen LogP contribution is -2.23. The van der Waals surface area contributed by atoms with Crippen molar-refractivity contribution in [2.75, 3.05) is 6.54 Å². The van der Waals surface area contributed by atoms with Crippen LogP contribution in [0.4, 0.5) is 4.39 Å². The van der Waals surface area contributed by atoms with E-state index in [1.165, 1.54) is 37.3 Å². The molecule has 1 nitrogen and oxygen atoms in total. The normalized spacial score (nSPS) is 21.1. The molecule has 1 aliphatic carbocycles. The van der Waals surface area contributed by atoms with Crippen molar-refractivity contribution in [3.05, 3.63) is 47.3 Å². The fourth-order valence-corrected chi connectivity index (χ4v) is 2.83. The monoisotopic (exact) mass is 261 g/mol. The van der Waals surface area contributed by atoms with Gasteiger partial charge in [-0.25, -0.2) is 4.39 Å². The molecule has 0 saturated heterocycles. The zero-order valence-corrected chi connectivity index (χ0v) is 11.8. The van der Waals surface area contributed by atoms with E-state index < -0.39 is 0 Å². The van der Waals surface area contributed by atoms with Crippen LogP contribution in [0.3, 0.4) is 0 Å². The van der Waals surface area contributed by atoms with E-state index >= 15 is 0 Å². The van der Waals surface area contributed by atoms with E-state index in [0.29, 0.717) is 0 Å². The molecule has 0 radical (unpaired) electrons. The fraction of sp³-hybridized carbons (Fsp3) is 0.529. The first-order chi connectivity index (χ1) is 9.31. The second-order valence-corrected chi connectivity index (χ2v) is 5.28. The highest BCUT2D eigenvalue weighted by atomic mass is 19.1. The Labute approximate surface area is 115 Å². The Morgan fingerprint density at radius 2 is 2.05 bits per heavy atom. The van der Waals surface area contributed by atoms with E-state index in [4.69, 9.17) is 0 Å². The molecule has 1 aliphatic rings. The molecule has 2 heteroatoms. The summed E-state index contributed by atoms with van der Waals surface area (Å²) < 4.78 is 13.4. The molecule has 2 rings (SSSR count). The number of rotatable bonds is 4. The van der Waals surface area contributed by atoms with Crippen molar-refractivity contribution in [3.8, 4) is 0 Å². The van der Waals surface area contributed by atoms with Gasteiger partial charge in [0.1, 0.15) is 5.82 Å². The third kappa shape index (κ3) is 4.17. The van der Waals surface area contributed by atoms with Crippen LogP contribution in [0.15, 0.2) is 35.9 Å². The Kier molecular flexibility index (Phi) is 5.59. The number of allylic oxidation sites excluding steroid dienone is 1. The van der Waals surface area contributed by atoms with Crippen LogP contribution in [-0.2, 0) is 0 Å². The number of likely N-dealkylation sites (N-methyl/N-ethyl adjacent to an activating group) is 1. The van der Waals surface area contributed by atoms with Crippen LogP contribution < -0.4 is 5.32 Å². The van der Waals surface area contributed by atoms with Crippen LogP contribution in [0.25, 0.3) is 0 Å². The molecule has 19 heavy (non-hydrogen) atoms. The van der Waals surface area contributed by atoms with E-state index in [2.05, 4.69) is 18.3 Å². The van der Waals surface area contributed by atoms with Gasteiger partial charge < -0.3 is 5.32 Å². The quantitative estimate of drug-likeness (QED) is 0.771. The van der Waals surface area contributed by atoms with Gasteiger partial charge in [-0.1, -0.05) is 43.5 Å². The van der Waals surface area contributed by atoms with Crippen LogP contribution in [0.1, 0.15) is 57.1 Å². The summed E-state index contributed by atoms with van der Waals surface area (Å²) >= 11 is 0. The van der Waals surface area contributed by atoms with E-state index in [0.717, 1.165) is 24.9 Å². The van der Waals surface area contributed by atoms with Crippen LogP contribution in [0.2, 0.25) is 0 Å². The minimum Gasteiger partial charge on any atom is -0.307 e. The van der Waals surface area contributed by atoms with Crippen LogP contribution in [-0.4, -0.2) is 6.54 Å². The third-order valence-electron chi connectivity index (χ3n) is 3.79. The summed E-state index contributed by atoms with van der Waals surface area (Å²) in [5.41, 5.74) is 2.49. The maximum absolute atomic E-state index is 13.4. The zero-order chi connectivity index (χ0) is 13.5. The van der Waals surface area contributed by atoms with Crippen molar-refractivity contribution < 1.29 is 4.39 Å². The Bertz CT molecular complexity index is 425. The summed E-state index contributed by atoms with van der Waals surface area (Å²) in [6.07, 6.45) is 9.86. The molecule has 0 amide bonds. The minimum atomic E-state index is -0.146. The molecular formula is C17H24FN. The number of benzene rings is 1. The Hall–Kier alpha value is -1.15. The second kappa shape index (κ2) is 7.44. The number of hydrogen-bond acceptors (Lipinski definition) is 1. The molecule has 1 aromatic rings. The van der Waals surface area contributed by atoms with Crippen molar-refractivity contribution in [3.63, 3.8) is 0 Å². The van der Waals surface area contributed by atoms with Gasteiger partial charge in [-0.05, 0) is 49.9 Å². The summed E-state index contributed by atoms with van der Waals surface area (Å²) in [5, 5.41) is 3.51. The Morgan fingerprint density at radius 3 is 2.84 bits per heavy atom. The van der Waals surface area contributed by atoms with Crippen molar-refractivity contribution in [2.45, 2.75) is 51.5 Å². The standard InChI is InChI=1S/C17H24FN/c1-2-19-17(15-11-8-12-16(18)13-15)14-9-6-4-3-5-7-10-14/h8-9,11-13,17,19H,2-7,10H2,1H3/b14-9+. The van der Waals surface area contributed by atoms with E-state index in [9.17, 15) is 4.39 Å². The first kappa shape index (κ1) is 14.3. The molecule has 0 spiro atoms. The average Bonchev–Trinajstić information content (AvgIpc) is 2.36. The number of nitrogens with one attached hydrogen (secondary N) is 1. The van der Waals surface area contributed by atoms with E-state index in [1.807, 2.05) is 6.07 Å². The van der Waals surface area contributed by atoms with Crippen molar-refractivity contribution in [1.29, 1.82) is 0 Å². The smallest absolute Gasteiger partial charge is 0.123 e. The minimum absolute atomic E-state index is 0.146. The highest BCUT2D eigenvalue weighted by molar-refractivity contribution is 5.29. The maximum atomic E-state index is 13.4. The van der Waals surface area contributed by atoms with Crippen LogP contribution in [0.5, 0.6) is 0 Å². The fourth-order valence-electron chi connectivity index (χ4n) is 2.83. The molecule has 0 heterocycles. The summed E-state index contributed by atoms with van der Waals surface area (Å²) in [6.45, 7) is 3.01. The molecule has 0 bridgehead atoms. The first-order valence-electron chi connectivity index (χ1n) is 7.49. The molecule has 0 aliphatic heterocycles. The SMILES string of the molecule is CCNC(/C1=C/CCCCCC1)c1cccc(F)c1. The summed E-state index contributed by atoms with van der Waals surface area (Å²) in [4.78, 5) is 0. The summed E-state index contributed by atoms with van der Waals surface area (Å²) in [7, 11) is 0. The predicted octanol–water partition coefficient (Wildman–Crippen LogP) is 4.76. The average molecular weight is 261 g/mol. The van der Waals surface area contributed by atoms with Gasteiger partial charge in [-0.15, -0.1) is 0 Å². The zero-order valence-electron chi connectivity index (χ0n) is 11.8. The number of halogens is 1. The van der Waals surface area contributed by atoms with Crippen molar-refractivity contribution >= 4 is 0 Å². The first-order valence-corrected chi connectivity index (χ1v) is 7.49. The third-order valence-corrected chi connectivity index (χ3v) is 3.79. The molecule has 0 saturated carbocycles. The van der Waals surface area contributed by atoms with E-state index in [1.54, 1.807) is 12.1 Å².